The SMILES string of the molecule is CCCN(CC(=O)Nc1ccc(Cl)cc1Cl)C(=O)COc1cccc(F)c1. The first-order valence-corrected chi connectivity index (χ1v) is 9.05. The Balaban J connectivity index is 1.94. The lowest BCUT2D eigenvalue weighted by Gasteiger charge is -2.22. The standard InChI is InChI=1S/C19H19Cl2FN2O3/c1-2-8-24(19(26)12-27-15-5-3-4-14(22)10-15)11-18(25)23-17-7-6-13(20)9-16(17)21/h3-7,9-10H,2,8,11-12H2,1H3,(H,23,25). The predicted octanol–water partition coefficient (Wildman–Crippen LogP) is 4.39. The molecule has 1 N–H and O–H groups in total. The summed E-state index contributed by atoms with van der Waals surface area (Å²) in [5.41, 5.74) is 0.408. The van der Waals surface area contributed by atoms with E-state index in [-0.39, 0.29) is 24.8 Å². The van der Waals surface area contributed by atoms with Crippen LogP contribution in [0.15, 0.2) is 42.5 Å². The number of benzene rings is 2. The van der Waals surface area contributed by atoms with Crippen molar-refractivity contribution in [3.8, 4) is 5.75 Å². The third-order valence-corrected chi connectivity index (χ3v) is 4.09. The molecule has 2 aromatic rings. The highest BCUT2D eigenvalue weighted by atomic mass is 35.5. The molecule has 0 unspecified atom stereocenters. The Hall–Kier alpha value is -2.31. The molecule has 0 aliphatic heterocycles. The number of amides is 2. The van der Waals surface area contributed by atoms with E-state index in [2.05, 4.69) is 5.32 Å². The fourth-order valence-electron chi connectivity index (χ4n) is 2.31. The van der Waals surface area contributed by atoms with Crippen LogP contribution >= 0.6 is 23.2 Å². The summed E-state index contributed by atoms with van der Waals surface area (Å²) in [5.74, 6) is -0.980. The number of carbonyl (C=O) groups is 2. The molecule has 0 bridgehead atoms. The van der Waals surface area contributed by atoms with E-state index < -0.39 is 11.7 Å². The van der Waals surface area contributed by atoms with Gasteiger partial charge in [0.05, 0.1) is 17.3 Å². The van der Waals surface area contributed by atoms with E-state index in [0.29, 0.717) is 28.7 Å². The van der Waals surface area contributed by atoms with Crippen LogP contribution in [0.5, 0.6) is 5.75 Å². The van der Waals surface area contributed by atoms with Crippen molar-refractivity contribution in [2.45, 2.75) is 13.3 Å². The van der Waals surface area contributed by atoms with Gasteiger partial charge in [-0.25, -0.2) is 4.39 Å². The molecule has 2 rings (SSSR count). The van der Waals surface area contributed by atoms with Crippen LogP contribution in [-0.2, 0) is 9.59 Å². The Labute approximate surface area is 167 Å². The van der Waals surface area contributed by atoms with Gasteiger partial charge in [0.2, 0.25) is 5.91 Å². The van der Waals surface area contributed by atoms with Crippen molar-refractivity contribution < 1.29 is 18.7 Å². The quantitative estimate of drug-likeness (QED) is 0.699. The van der Waals surface area contributed by atoms with Gasteiger partial charge < -0.3 is 15.0 Å². The molecule has 0 aliphatic carbocycles. The molecular formula is C19H19Cl2FN2O3. The summed E-state index contributed by atoms with van der Waals surface area (Å²) in [6, 6.07) is 10.2. The van der Waals surface area contributed by atoms with Crippen LogP contribution in [0.2, 0.25) is 10.0 Å². The van der Waals surface area contributed by atoms with Crippen LogP contribution < -0.4 is 10.1 Å². The molecule has 2 amide bonds. The second-order valence-electron chi connectivity index (χ2n) is 5.73. The monoisotopic (exact) mass is 412 g/mol. The lowest BCUT2D eigenvalue weighted by atomic mass is 10.3. The summed E-state index contributed by atoms with van der Waals surface area (Å²) in [4.78, 5) is 26.0. The van der Waals surface area contributed by atoms with Gasteiger partial charge in [-0.3, -0.25) is 9.59 Å². The third-order valence-electron chi connectivity index (χ3n) is 3.54. The molecule has 0 saturated heterocycles. The Kier molecular flexibility index (Phi) is 7.88. The minimum atomic E-state index is -0.454. The van der Waals surface area contributed by atoms with Crippen LogP contribution in [0.4, 0.5) is 10.1 Å². The van der Waals surface area contributed by atoms with Gasteiger partial charge in [0, 0.05) is 17.6 Å². The smallest absolute Gasteiger partial charge is 0.260 e. The van der Waals surface area contributed by atoms with E-state index in [9.17, 15) is 14.0 Å². The Morgan fingerprint density at radius 3 is 2.63 bits per heavy atom. The van der Waals surface area contributed by atoms with E-state index in [0.717, 1.165) is 0 Å². The summed E-state index contributed by atoms with van der Waals surface area (Å²) in [5, 5.41) is 3.41. The molecule has 8 heteroatoms. The second-order valence-corrected chi connectivity index (χ2v) is 6.58. The van der Waals surface area contributed by atoms with E-state index in [1.807, 2.05) is 6.92 Å². The van der Waals surface area contributed by atoms with Crippen molar-refractivity contribution in [1.82, 2.24) is 4.90 Å². The average Bonchev–Trinajstić information content (AvgIpc) is 2.62. The van der Waals surface area contributed by atoms with Crippen molar-refractivity contribution in [1.29, 1.82) is 0 Å². The highest BCUT2D eigenvalue weighted by Crippen LogP contribution is 2.25. The first-order chi connectivity index (χ1) is 12.9. The van der Waals surface area contributed by atoms with Crippen LogP contribution in [0.3, 0.4) is 0 Å². The summed E-state index contributed by atoms with van der Waals surface area (Å²) in [6.45, 7) is 1.82. The lowest BCUT2D eigenvalue weighted by Crippen LogP contribution is -2.41. The molecule has 0 aromatic heterocycles. The molecule has 0 fully saturated rings. The van der Waals surface area contributed by atoms with Gasteiger partial charge in [0.25, 0.3) is 5.91 Å². The normalized spacial score (nSPS) is 10.4. The van der Waals surface area contributed by atoms with E-state index in [4.69, 9.17) is 27.9 Å². The molecular weight excluding hydrogens is 394 g/mol. The molecule has 5 nitrogen and oxygen atoms in total. The van der Waals surface area contributed by atoms with Crippen molar-refractivity contribution in [2.75, 3.05) is 25.0 Å². The van der Waals surface area contributed by atoms with Crippen molar-refractivity contribution in [2.24, 2.45) is 0 Å². The minimum absolute atomic E-state index is 0.155. The topological polar surface area (TPSA) is 58.6 Å². The van der Waals surface area contributed by atoms with Crippen molar-refractivity contribution >= 4 is 40.7 Å². The number of hydrogen-bond acceptors (Lipinski definition) is 3. The lowest BCUT2D eigenvalue weighted by molar-refractivity contribution is -0.136. The fraction of sp³-hybridized carbons (Fsp3) is 0.263. The number of ether oxygens (including phenoxy) is 1. The van der Waals surface area contributed by atoms with E-state index in [1.54, 1.807) is 18.2 Å². The Morgan fingerprint density at radius 1 is 1.19 bits per heavy atom. The summed E-state index contributed by atoms with van der Waals surface area (Å²) in [7, 11) is 0. The van der Waals surface area contributed by atoms with Crippen LogP contribution in [-0.4, -0.2) is 36.4 Å². The molecule has 0 radical (unpaired) electrons. The highest BCUT2D eigenvalue weighted by molar-refractivity contribution is 6.36. The number of carbonyl (C=O) groups excluding carboxylic acids is 2. The zero-order chi connectivity index (χ0) is 19.8. The molecule has 2 aromatic carbocycles. The highest BCUT2D eigenvalue weighted by Gasteiger charge is 2.18. The summed E-state index contributed by atoms with van der Waals surface area (Å²) >= 11 is 11.9. The van der Waals surface area contributed by atoms with Crippen LogP contribution in [0, 0.1) is 5.82 Å². The number of hydrogen-bond donors (Lipinski definition) is 1. The van der Waals surface area contributed by atoms with Gasteiger partial charge in [-0.2, -0.15) is 0 Å². The van der Waals surface area contributed by atoms with Crippen LogP contribution in [0.1, 0.15) is 13.3 Å². The van der Waals surface area contributed by atoms with Gasteiger partial charge in [-0.15, -0.1) is 0 Å². The Bertz CT molecular complexity index is 817. The number of halogens is 3. The number of nitrogens with zero attached hydrogens (tertiary/aromatic N) is 1. The van der Waals surface area contributed by atoms with Crippen molar-refractivity contribution in [3.63, 3.8) is 0 Å². The zero-order valence-electron chi connectivity index (χ0n) is 14.7. The maximum Gasteiger partial charge on any atom is 0.260 e. The molecule has 0 atom stereocenters. The third kappa shape index (κ3) is 6.73. The Morgan fingerprint density at radius 2 is 1.96 bits per heavy atom. The minimum Gasteiger partial charge on any atom is -0.484 e. The number of nitrogens with one attached hydrogen (secondary N) is 1. The van der Waals surface area contributed by atoms with Gasteiger partial charge >= 0.3 is 0 Å². The fourth-order valence-corrected chi connectivity index (χ4v) is 2.76. The maximum atomic E-state index is 13.2. The second kappa shape index (κ2) is 10.1. The molecule has 144 valence electrons. The van der Waals surface area contributed by atoms with Gasteiger partial charge in [0.15, 0.2) is 6.61 Å². The van der Waals surface area contributed by atoms with E-state index in [1.165, 1.54) is 29.2 Å². The van der Waals surface area contributed by atoms with Crippen molar-refractivity contribution in [3.05, 3.63) is 58.3 Å². The summed E-state index contributed by atoms with van der Waals surface area (Å²) in [6.07, 6.45) is 0.667. The van der Waals surface area contributed by atoms with Gasteiger partial charge in [-0.05, 0) is 36.8 Å². The zero-order valence-corrected chi connectivity index (χ0v) is 16.2. The summed E-state index contributed by atoms with van der Waals surface area (Å²) < 4.78 is 18.5. The molecule has 0 aliphatic rings. The number of rotatable bonds is 8. The first kappa shape index (κ1) is 21.0. The molecule has 27 heavy (non-hydrogen) atoms. The maximum absolute atomic E-state index is 13.2. The van der Waals surface area contributed by atoms with Gasteiger partial charge in [0.1, 0.15) is 11.6 Å². The van der Waals surface area contributed by atoms with E-state index >= 15 is 0 Å². The van der Waals surface area contributed by atoms with Crippen LogP contribution in [0.25, 0.3) is 0 Å². The number of anilines is 1. The largest absolute Gasteiger partial charge is 0.484 e. The first-order valence-electron chi connectivity index (χ1n) is 8.30. The average molecular weight is 413 g/mol. The molecule has 0 saturated carbocycles. The van der Waals surface area contributed by atoms with Gasteiger partial charge in [-0.1, -0.05) is 36.2 Å². The molecule has 0 heterocycles. The predicted molar refractivity (Wildman–Crippen MR) is 104 cm³/mol. The molecule has 0 spiro atoms.